The maximum absolute atomic E-state index is 12.2. The van der Waals surface area contributed by atoms with Crippen LogP contribution < -0.4 is 10.1 Å². The lowest BCUT2D eigenvalue weighted by molar-refractivity contribution is -0.387. The number of nitro benzene ring substituents is 1. The second kappa shape index (κ2) is 9.75. The van der Waals surface area contributed by atoms with E-state index < -0.39 is 22.9 Å². The van der Waals surface area contributed by atoms with Gasteiger partial charge in [-0.3, -0.25) is 14.9 Å². The second-order valence-electron chi connectivity index (χ2n) is 5.76. The van der Waals surface area contributed by atoms with Crippen LogP contribution in [0.3, 0.4) is 0 Å². The third-order valence-corrected chi connectivity index (χ3v) is 4.68. The first-order valence-electron chi connectivity index (χ1n) is 8.29. The molecule has 2 rings (SSSR count). The van der Waals surface area contributed by atoms with E-state index in [-0.39, 0.29) is 17.8 Å². The zero-order valence-corrected chi connectivity index (χ0v) is 16.4. The smallest absolute Gasteiger partial charge is 0.339 e. The number of carbonyl (C=O) groups excluding carboxylic acids is 2. The molecule has 148 valence electrons. The monoisotopic (exact) mass is 404 g/mol. The fourth-order valence-corrected chi connectivity index (χ4v) is 2.86. The summed E-state index contributed by atoms with van der Waals surface area (Å²) in [7, 11) is 1.57. The Morgan fingerprint density at radius 1 is 1.21 bits per heavy atom. The highest BCUT2D eigenvalue weighted by Crippen LogP contribution is 2.28. The fourth-order valence-electron chi connectivity index (χ4n) is 2.32. The number of esters is 1. The van der Waals surface area contributed by atoms with E-state index in [1.165, 1.54) is 30.8 Å². The topological polar surface area (TPSA) is 108 Å². The Morgan fingerprint density at radius 2 is 1.89 bits per heavy atom. The highest BCUT2D eigenvalue weighted by molar-refractivity contribution is 7.98. The van der Waals surface area contributed by atoms with E-state index >= 15 is 0 Å². The van der Waals surface area contributed by atoms with Gasteiger partial charge in [0.25, 0.3) is 11.6 Å². The molecule has 0 aromatic heterocycles. The van der Waals surface area contributed by atoms with Gasteiger partial charge in [-0.1, -0.05) is 12.1 Å². The molecule has 0 unspecified atom stereocenters. The molecule has 1 amide bonds. The first-order valence-corrected chi connectivity index (χ1v) is 9.52. The molecule has 0 heterocycles. The minimum atomic E-state index is -1.05. The number of hydrogen-bond acceptors (Lipinski definition) is 7. The summed E-state index contributed by atoms with van der Waals surface area (Å²) in [4.78, 5) is 35.4. The molecule has 0 aliphatic carbocycles. The van der Waals surface area contributed by atoms with Crippen molar-refractivity contribution in [1.29, 1.82) is 0 Å². The van der Waals surface area contributed by atoms with Gasteiger partial charge >= 0.3 is 5.97 Å². The van der Waals surface area contributed by atoms with Crippen molar-refractivity contribution in [3.05, 3.63) is 63.7 Å². The Labute approximate surface area is 166 Å². The molecule has 8 nitrogen and oxygen atoms in total. The lowest BCUT2D eigenvalue weighted by atomic mass is 10.2. The second-order valence-corrected chi connectivity index (χ2v) is 6.61. The number of nitrogens with zero attached hydrogens (tertiary/aromatic N) is 1. The van der Waals surface area contributed by atoms with E-state index in [2.05, 4.69) is 5.32 Å². The average Bonchev–Trinajstić information content (AvgIpc) is 2.71. The molecule has 0 bridgehead atoms. The number of ether oxygens (including phenoxy) is 2. The summed E-state index contributed by atoms with van der Waals surface area (Å²) in [6.07, 6.45) is 0.653. The molecule has 0 spiro atoms. The zero-order valence-electron chi connectivity index (χ0n) is 15.6. The van der Waals surface area contributed by atoms with Crippen LogP contribution in [0.1, 0.15) is 22.8 Å². The number of benzene rings is 2. The van der Waals surface area contributed by atoms with E-state index in [1.54, 1.807) is 25.5 Å². The molecule has 0 radical (unpaired) electrons. The summed E-state index contributed by atoms with van der Waals surface area (Å²) in [5, 5.41) is 13.8. The van der Waals surface area contributed by atoms with Crippen LogP contribution in [-0.2, 0) is 16.1 Å². The molecule has 1 N–H and O–H groups in total. The van der Waals surface area contributed by atoms with Gasteiger partial charge in [-0.2, -0.15) is 0 Å². The van der Waals surface area contributed by atoms with Crippen molar-refractivity contribution in [2.45, 2.75) is 24.5 Å². The van der Waals surface area contributed by atoms with Crippen molar-refractivity contribution < 1.29 is 24.0 Å². The van der Waals surface area contributed by atoms with E-state index in [9.17, 15) is 19.7 Å². The van der Waals surface area contributed by atoms with Crippen LogP contribution in [0.4, 0.5) is 5.69 Å². The molecule has 2 aromatic carbocycles. The number of methoxy groups -OCH3 is 1. The first kappa shape index (κ1) is 21.2. The number of nitrogens with one attached hydrogen (secondary N) is 1. The maximum atomic E-state index is 12.2. The van der Waals surface area contributed by atoms with Crippen molar-refractivity contribution in [2.24, 2.45) is 0 Å². The molecule has 0 saturated heterocycles. The summed E-state index contributed by atoms with van der Waals surface area (Å²) >= 11 is 1.20. The van der Waals surface area contributed by atoms with Crippen LogP contribution in [0.15, 0.2) is 47.4 Å². The predicted octanol–water partition coefficient (Wildman–Crippen LogP) is 3.19. The molecule has 0 fully saturated rings. The lowest BCUT2D eigenvalue weighted by Crippen LogP contribution is -2.35. The van der Waals surface area contributed by atoms with Gasteiger partial charge in [0, 0.05) is 12.6 Å². The van der Waals surface area contributed by atoms with Crippen LogP contribution >= 0.6 is 11.8 Å². The van der Waals surface area contributed by atoms with Crippen molar-refractivity contribution in [1.82, 2.24) is 5.32 Å². The molecule has 9 heteroatoms. The predicted molar refractivity (Wildman–Crippen MR) is 105 cm³/mol. The zero-order chi connectivity index (χ0) is 20.7. The summed E-state index contributed by atoms with van der Waals surface area (Å²) in [6.45, 7) is 1.70. The summed E-state index contributed by atoms with van der Waals surface area (Å²) in [5.41, 5.74) is 0.689. The number of carbonyl (C=O) groups is 2. The Balaban J connectivity index is 1.96. The van der Waals surface area contributed by atoms with Gasteiger partial charge in [0.1, 0.15) is 5.75 Å². The van der Waals surface area contributed by atoms with E-state index in [1.807, 2.05) is 12.1 Å². The highest BCUT2D eigenvalue weighted by Gasteiger charge is 2.22. The van der Waals surface area contributed by atoms with Gasteiger partial charge in [0.05, 0.1) is 22.5 Å². The van der Waals surface area contributed by atoms with Crippen molar-refractivity contribution in [2.75, 3.05) is 13.4 Å². The summed E-state index contributed by atoms with van der Waals surface area (Å²) in [5.74, 6) is -0.568. The normalized spacial score (nSPS) is 11.4. The number of nitro groups is 1. The molecule has 2 aromatic rings. The lowest BCUT2D eigenvalue weighted by Gasteiger charge is -2.14. The van der Waals surface area contributed by atoms with Gasteiger partial charge in [0.2, 0.25) is 0 Å². The molecule has 1 atom stereocenters. The molecule has 0 saturated carbocycles. The van der Waals surface area contributed by atoms with Crippen molar-refractivity contribution >= 4 is 29.3 Å². The Kier molecular flexibility index (Phi) is 7.39. The Morgan fingerprint density at radius 3 is 2.46 bits per heavy atom. The summed E-state index contributed by atoms with van der Waals surface area (Å²) < 4.78 is 10.2. The first-order chi connectivity index (χ1) is 13.3. The standard InChI is InChI=1S/C19H20N2O6S/c1-12(18(22)20-11-13-4-7-15(26-2)8-5-13)27-19(23)14-6-9-17(28-3)16(10-14)21(24)25/h4-10,12H,11H2,1-3H3,(H,20,22)/t12-/m1/s1. The molecule has 0 aliphatic heterocycles. The minimum Gasteiger partial charge on any atom is -0.497 e. The highest BCUT2D eigenvalue weighted by atomic mass is 32.2. The quantitative estimate of drug-likeness (QED) is 0.311. The fraction of sp³-hybridized carbons (Fsp3) is 0.263. The van der Waals surface area contributed by atoms with Crippen LogP contribution in [0.2, 0.25) is 0 Å². The van der Waals surface area contributed by atoms with Gasteiger partial charge in [-0.15, -0.1) is 11.8 Å². The number of amides is 1. The molecular formula is C19H20N2O6S. The molecule has 0 aliphatic rings. The van der Waals surface area contributed by atoms with Crippen LogP contribution in [0.5, 0.6) is 5.75 Å². The number of hydrogen-bond donors (Lipinski definition) is 1. The van der Waals surface area contributed by atoms with Crippen molar-refractivity contribution in [3.63, 3.8) is 0 Å². The Hall–Kier alpha value is -3.07. The Bertz CT molecular complexity index is 869. The minimum absolute atomic E-state index is 0.0132. The van der Waals surface area contributed by atoms with E-state index in [0.29, 0.717) is 10.6 Å². The maximum Gasteiger partial charge on any atom is 0.339 e. The third-order valence-electron chi connectivity index (χ3n) is 3.89. The van der Waals surface area contributed by atoms with Crippen molar-refractivity contribution in [3.8, 4) is 5.75 Å². The van der Waals surface area contributed by atoms with Gasteiger partial charge in [-0.25, -0.2) is 4.79 Å². The van der Waals surface area contributed by atoms with Crippen LogP contribution in [0.25, 0.3) is 0 Å². The van der Waals surface area contributed by atoms with Gasteiger partial charge in [-0.05, 0) is 43.0 Å². The number of rotatable bonds is 8. The van der Waals surface area contributed by atoms with E-state index in [4.69, 9.17) is 9.47 Å². The third kappa shape index (κ3) is 5.46. The van der Waals surface area contributed by atoms with Crippen LogP contribution in [0, 0.1) is 10.1 Å². The largest absolute Gasteiger partial charge is 0.497 e. The van der Waals surface area contributed by atoms with Gasteiger partial charge in [0.15, 0.2) is 6.10 Å². The average molecular weight is 404 g/mol. The van der Waals surface area contributed by atoms with E-state index in [0.717, 1.165) is 11.6 Å². The molecule has 28 heavy (non-hydrogen) atoms. The summed E-state index contributed by atoms with van der Waals surface area (Å²) in [6, 6.07) is 11.2. The number of thioether (sulfide) groups is 1. The van der Waals surface area contributed by atoms with Gasteiger partial charge < -0.3 is 14.8 Å². The molecular weight excluding hydrogens is 384 g/mol. The van der Waals surface area contributed by atoms with Crippen LogP contribution in [-0.4, -0.2) is 36.3 Å². The SMILES string of the molecule is COc1ccc(CNC(=O)[C@@H](C)OC(=O)c2ccc(SC)c([N+](=O)[O-])c2)cc1.